The van der Waals surface area contributed by atoms with E-state index in [-0.39, 0.29) is 12.8 Å². The summed E-state index contributed by atoms with van der Waals surface area (Å²) < 4.78 is 0. The molecule has 14 nitrogen and oxygen atoms in total. The highest BCUT2D eigenvalue weighted by Crippen LogP contribution is 2.19. The molecule has 0 bridgehead atoms. The van der Waals surface area contributed by atoms with Crippen LogP contribution in [0.5, 0.6) is 0 Å². The smallest absolute Gasteiger partial charge is 0.324 e. The maximum absolute atomic E-state index is 13.1. The van der Waals surface area contributed by atoms with Gasteiger partial charge in [0.05, 0.1) is 12.7 Å². The van der Waals surface area contributed by atoms with E-state index in [1.54, 1.807) is 0 Å². The molecule has 1 aromatic heterocycles. The number of carbonyl (C=O) groups excluding carboxylic acids is 5. The van der Waals surface area contributed by atoms with Crippen molar-refractivity contribution >= 4 is 35.6 Å². The number of aromatic nitrogens is 2. The fourth-order valence-corrected chi connectivity index (χ4v) is 3.50. The first-order valence-electron chi connectivity index (χ1n) is 10.1. The number of imide groups is 1. The lowest BCUT2D eigenvalue weighted by Crippen LogP contribution is -2.61. The molecule has 2 aliphatic heterocycles. The van der Waals surface area contributed by atoms with Gasteiger partial charge in [-0.1, -0.05) is 0 Å². The molecular weight excluding hydrogens is 438 g/mol. The summed E-state index contributed by atoms with van der Waals surface area (Å²) in [6.45, 7) is 1.44. The van der Waals surface area contributed by atoms with Gasteiger partial charge in [-0.3, -0.25) is 28.9 Å². The third-order valence-electron chi connectivity index (χ3n) is 5.13. The number of amides is 6. The second-order valence-corrected chi connectivity index (χ2v) is 7.61. The minimum atomic E-state index is -1.09. The molecule has 14 heteroatoms. The lowest BCUT2D eigenvalue weighted by Gasteiger charge is -2.31. The molecule has 0 aromatic carbocycles. The van der Waals surface area contributed by atoms with Crippen LogP contribution >= 0.6 is 0 Å². The lowest BCUT2D eigenvalue weighted by atomic mass is 10.1. The summed E-state index contributed by atoms with van der Waals surface area (Å²) in [7, 11) is 1.31. The van der Waals surface area contributed by atoms with Gasteiger partial charge >= 0.3 is 6.03 Å². The van der Waals surface area contributed by atoms with Crippen molar-refractivity contribution in [2.24, 2.45) is 5.73 Å². The third kappa shape index (κ3) is 6.75. The molecule has 6 amide bonds. The molecule has 2 saturated heterocycles. The second kappa shape index (κ2) is 11.1. The van der Waals surface area contributed by atoms with E-state index in [1.165, 1.54) is 24.5 Å². The van der Waals surface area contributed by atoms with Crippen molar-refractivity contribution in [1.29, 1.82) is 0 Å². The van der Waals surface area contributed by atoms with Gasteiger partial charge in [-0.25, -0.2) is 9.78 Å². The third-order valence-corrected chi connectivity index (χ3v) is 5.13. The highest BCUT2D eigenvalue weighted by atomic mass is 16.4. The largest absolute Gasteiger partial charge is 0.481 e. The highest BCUT2D eigenvalue weighted by molar-refractivity contribution is 6.03. The van der Waals surface area contributed by atoms with Crippen LogP contribution in [-0.4, -0.2) is 92.2 Å². The van der Waals surface area contributed by atoms with Crippen LogP contribution in [0.15, 0.2) is 12.5 Å². The number of nitrogens with two attached hydrogens (primary N) is 1. The molecule has 3 atom stereocenters. The summed E-state index contributed by atoms with van der Waals surface area (Å²) in [6, 6.07) is -3.53. The first-order valence-corrected chi connectivity index (χ1v) is 10.1. The number of hydrogen-bond donors (Lipinski definition) is 5. The Hall–Kier alpha value is -3.97. The molecule has 0 aliphatic carbocycles. The minimum Gasteiger partial charge on any atom is -0.481 e. The minimum absolute atomic E-state index is 0.0983. The SMILES string of the molecule is CC(=O)O.CN1C(=O)CC(C(=O)NC(Cc2cnc[nH]2)C(=O)N2CCCC2C(N)=O)NC1=O. The lowest BCUT2D eigenvalue weighted by molar-refractivity contribution is -0.141. The molecule has 2 fully saturated rings. The maximum Gasteiger partial charge on any atom is 0.324 e. The molecule has 6 N–H and O–H groups in total. The van der Waals surface area contributed by atoms with Crippen molar-refractivity contribution in [3.63, 3.8) is 0 Å². The molecule has 3 rings (SSSR count). The zero-order valence-electron chi connectivity index (χ0n) is 18.2. The van der Waals surface area contributed by atoms with E-state index >= 15 is 0 Å². The molecule has 180 valence electrons. The Bertz CT molecular complexity index is 896. The fraction of sp³-hybridized carbons (Fsp3) is 0.526. The maximum atomic E-state index is 13.1. The molecule has 1 aromatic rings. The van der Waals surface area contributed by atoms with Crippen LogP contribution < -0.4 is 16.4 Å². The van der Waals surface area contributed by atoms with Crippen LogP contribution in [0.2, 0.25) is 0 Å². The van der Waals surface area contributed by atoms with Gasteiger partial charge in [0, 0.05) is 38.8 Å². The number of carboxylic acids is 1. The van der Waals surface area contributed by atoms with Crippen molar-refractivity contribution in [2.75, 3.05) is 13.6 Å². The number of rotatable bonds is 6. The van der Waals surface area contributed by atoms with Gasteiger partial charge in [0.25, 0.3) is 5.97 Å². The van der Waals surface area contributed by atoms with Crippen molar-refractivity contribution in [3.8, 4) is 0 Å². The first-order chi connectivity index (χ1) is 15.5. The van der Waals surface area contributed by atoms with Gasteiger partial charge in [0.2, 0.25) is 23.6 Å². The fourth-order valence-electron chi connectivity index (χ4n) is 3.50. The molecule has 33 heavy (non-hydrogen) atoms. The molecular formula is C19H27N7O7. The number of aromatic amines is 1. The summed E-state index contributed by atoms with van der Waals surface area (Å²) in [5.74, 6) is -3.05. The van der Waals surface area contributed by atoms with E-state index in [9.17, 15) is 24.0 Å². The Morgan fingerprint density at radius 3 is 2.55 bits per heavy atom. The molecule has 3 unspecified atom stereocenters. The van der Waals surface area contributed by atoms with Crippen LogP contribution in [-0.2, 0) is 30.4 Å². The monoisotopic (exact) mass is 465 g/mol. The predicted molar refractivity (Wildman–Crippen MR) is 111 cm³/mol. The number of carbonyl (C=O) groups is 6. The number of nitrogens with zero attached hydrogens (tertiary/aromatic N) is 3. The van der Waals surface area contributed by atoms with Crippen LogP contribution in [0.4, 0.5) is 4.79 Å². The van der Waals surface area contributed by atoms with Crippen LogP contribution in [0.3, 0.4) is 0 Å². The summed E-state index contributed by atoms with van der Waals surface area (Å²) >= 11 is 0. The summed E-state index contributed by atoms with van der Waals surface area (Å²) in [4.78, 5) is 79.1. The number of H-pyrrole nitrogens is 1. The summed E-state index contributed by atoms with van der Waals surface area (Å²) in [5.41, 5.74) is 6.00. The van der Waals surface area contributed by atoms with Gasteiger partial charge in [0.15, 0.2) is 0 Å². The summed E-state index contributed by atoms with van der Waals surface area (Å²) in [6.07, 6.45) is 3.93. The van der Waals surface area contributed by atoms with E-state index in [0.29, 0.717) is 25.1 Å². The van der Waals surface area contributed by atoms with Crippen molar-refractivity contribution in [2.45, 2.75) is 50.7 Å². The Morgan fingerprint density at radius 2 is 2.00 bits per heavy atom. The normalized spacial score (nSPS) is 20.9. The number of imidazole rings is 1. The van der Waals surface area contributed by atoms with Gasteiger partial charge in [0.1, 0.15) is 18.1 Å². The molecule has 0 radical (unpaired) electrons. The van der Waals surface area contributed by atoms with Gasteiger partial charge in [-0.2, -0.15) is 0 Å². The second-order valence-electron chi connectivity index (χ2n) is 7.61. The number of likely N-dealkylation sites (tertiary alicyclic amines) is 1. The quantitative estimate of drug-likeness (QED) is 0.315. The van der Waals surface area contributed by atoms with Crippen molar-refractivity contribution < 1.29 is 33.9 Å². The molecule has 0 saturated carbocycles. The number of nitrogens with one attached hydrogen (secondary N) is 3. The Balaban J connectivity index is 0.000000890. The van der Waals surface area contributed by atoms with Gasteiger partial charge in [-0.15, -0.1) is 0 Å². The van der Waals surface area contributed by atoms with Gasteiger partial charge in [-0.05, 0) is 12.8 Å². The number of carboxylic acid groups (broad SMARTS) is 1. The number of hydrogen-bond acceptors (Lipinski definition) is 7. The van der Waals surface area contributed by atoms with Gasteiger partial charge < -0.3 is 31.4 Å². The van der Waals surface area contributed by atoms with Crippen LogP contribution in [0.25, 0.3) is 0 Å². The zero-order chi connectivity index (χ0) is 24.7. The predicted octanol–water partition coefficient (Wildman–Crippen LogP) is -2.06. The van der Waals surface area contributed by atoms with E-state index in [0.717, 1.165) is 11.8 Å². The van der Waals surface area contributed by atoms with E-state index in [4.69, 9.17) is 15.6 Å². The van der Waals surface area contributed by atoms with E-state index in [2.05, 4.69) is 20.6 Å². The molecule has 3 heterocycles. The van der Waals surface area contributed by atoms with Crippen molar-refractivity contribution in [1.82, 2.24) is 30.4 Å². The summed E-state index contributed by atoms with van der Waals surface area (Å²) in [5, 5.41) is 12.4. The number of primary amides is 1. The van der Waals surface area contributed by atoms with E-state index < -0.39 is 53.8 Å². The standard InChI is InChI=1S/C17H23N7O5.C2H4O2/c1-23-13(25)6-10(22-17(23)29)15(27)21-11(5-9-7-19-8-20-9)16(28)24-4-2-3-12(24)14(18)26;1-2(3)4/h7-8,10-12H,2-6H2,1H3,(H2,18,26)(H,19,20)(H,21,27)(H,22,29);1H3,(H,3,4). The highest BCUT2D eigenvalue weighted by Gasteiger charge is 2.39. The topological polar surface area (TPSA) is 208 Å². The molecule has 2 aliphatic rings. The van der Waals surface area contributed by atoms with Crippen LogP contribution in [0.1, 0.15) is 31.9 Å². The average Bonchev–Trinajstić information content (AvgIpc) is 3.42. The molecule has 0 spiro atoms. The number of aliphatic carboxylic acids is 1. The Labute approximate surface area is 188 Å². The Kier molecular flexibility index (Phi) is 8.48. The van der Waals surface area contributed by atoms with Crippen molar-refractivity contribution in [3.05, 3.63) is 18.2 Å². The zero-order valence-corrected chi connectivity index (χ0v) is 18.2. The van der Waals surface area contributed by atoms with Crippen LogP contribution in [0, 0.1) is 0 Å². The Morgan fingerprint density at radius 1 is 1.33 bits per heavy atom. The average molecular weight is 465 g/mol. The van der Waals surface area contributed by atoms with E-state index in [1.807, 2.05) is 0 Å². The number of urea groups is 1. The first kappa shape index (κ1) is 25.3.